The minimum atomic E-state index is -2.48. The largest absolute Gasteiger partial charge is 0.415 e. The molecule has 0 bridgehead atoms. The summed E-state index contributed by atoms with van der Waals surface area (Å²) in [5.41, 5.74) is 0. The number of ether oxygens (including phenoxy) is 5. The van der Waals surface area contributed by atoms with Gasteiger partial charge >= 0.3 is 0 Å². The Balaban J connectivity index is 2.44. The standard InChI is InChI=1S/C48H112O16Si10/c1-65(2,3)50-31-34-37(40(59-69(13,14)15)43(46(49)53-34)62-72(22,23)24)56-47-44(63-73(25,26)27)41(60-70(16,17)18)38(35(54-47)32-51-66(4,5)6)57-48-45(64-74(28,29)30)42(61-71(19,20)21)39(58-68(10,11)12)36(55-48)33-52-67(7,8)9/h34-49H,31-33H2,1-30H3/t34-,35-,36-,37?,38?,39-,40+,41+,42+,43-,44-,45-,46?,47+,48+/m1/s1. The first-order valence-corrected chi connectivity index (χ1v) is 61.5. The monoisotopic (exact) mass is 1220 g/mol. The van der Waals surface area contributed by atoms with Crippen LogP contribution in [0.25, 0.3) is 0 Å². The second kappa shape index (κ2) is 26.0. The van der Waals surface area contributed by atoms with Crippen molar-refractivity contribution < 1.29 is 73.1 Å². The van der Waals surface area contributed by atoms with Crippen molar-refractivity contribution >= 4 is 83.2 Å². The van der Waals surface area contributed by atoms with Gasteiger partial charge in [0.1, 0.15) is 73.2 Å². The minimum Gasteiger partial charge on any atom is -0.415 e. The fourth-order valence-corrected chi connectivity index (χ4v) is 18.2. The third kappa shape index (κ3) is 25.8. The van der Waals surface area contributed by atoms with E-state index < -0.39 is 175 Å². The second-order valence-corrected chi connectivity index (χ2v) is 75.2. The first kappa shape index (κ1) is 69.8. The molecule has 0 saturated carbocycles. The van der Waals surface area contributed by atoms with E-state index in [2.05, 4.69) is 196 Å². The molecule has 0 aromatic heterocycles. The summed E-state index contributed by atoms with van der Waals surface area (Å²) in [7, 11) is -22.8. The van der Waals surface area contributed by atoms with Crippen LogP contribution in [-0.2, 0) is 67.9 Å². The SMILES string of the molecule is C[Si](C)(C)OC[C@H]1O[C@@H](OC2[C@@H](CO[Si](C)(C)C)OC(O)[C@H](O[Si](C)(C)C)[C@H]2O[Si](C)(C)C)[C@H](O[Si](C)(C)C)[C@@H](O[Si](C)(C)C)C1O[C@@H]1O[C@H](CO[Si](C)(C)C)[C@@H](O[Si](C)(C)C)[C@H](O[Si](C)(C)C)[C@H]1O[Si](C)(C)C. The Morgan fingerprint density at radius 3 is 0.757 bits per heavy atom. The quantitative estimate of drug-likeness (QED) is 0.0774. The molecule has 0 aromatic carbocycles. The normalized spacial score (nSPS) is 33.0. The molecule has 0 aromatic rings. The minimum absolute atomic E-state index is 0.167. The first-order valence-electron chi connectivity index (χ1n) is 27.4. The molecule has 440 valence electrons. The highest BCUT2D eigenvalue weighted by molar-refractivity contribution is 6.73. The second-order valence-electron chi connectivity index (χ2n) is 30.5. The molecule has 3 aliphatic rings. The zero-order valence-corrected chi connectivity index (χ0v) is 62.4. The van der Waals surface area contributed by atoms with Gasteiger partial charge in [-0.1, -0.05) is 0 Å². The van der Waals surface area contributed by atoms with E-state index in [1.165, 1.54) is 0 Å². The molecule has 15 atom stereocenters. The van der Waals surface area contributed by atoms with Crippen LogP contribution in [-0.4, -0.2) is 200 Å². The number of rotatable bonds is 27. The van der Waals surface area contributed by atoms with Crippen molar-refractivity contribution in [3.05, 3.63) is 0 Å². The summed E-state index contributed by atoms with van der Waals surface area (Å²) in [6.07, 6.45) is -11.9. The summed E-state index contributed by atoms with van der Waals surface area (Å²) >= 11 is 0. The molecule has 3 saturated heterocycles. The van der Waals surface area contributed by atoms with E-state index in [4.69, 9.17) is 67.9 Å². The maximum absolute atomic E-state index is 11.9. The van der Waals surface area contributed by atoms with E-state index in [1.807, 2.05) is 0 Å². The van der Waals surface area contributed by atoms with Gasteiger partial charge in [-0.15, -0.1) is 0 Å². The molecule has 3 aliphatic heterocycles. The van der Waals surface area contributed by atoms with E-state index in [9.17, 15) is 5.11 Å². The zero-order valence-electron chi connectivity index (χ0n) is 52.4. The zero-order chi connectivity index (χ0) is 57.4. The van der Waals surface area contributed by atoms with E-state index in [0.29, 0.717) is 6.61 Å². The lowest BCUT2D eigenvalue weighted by atomic mass is 9.96. The van der Waals surface area contributed by atoms with Crippen molar-refractivity contribution in [1.29, 1.82) is 0 Å². The van der Waals surface area contributed by atoms with Gasteiger partial charge in [0.15, 0.2) is 102 Å². The summed E-state index contributed by atoms with van der Waals surface area (Å²) in [6, 6.07) is 0. The first-order chi connectivity index (χ1) is 32.8. The molecule has 0 amide bonds. The van der Waals surface area contributed by atoms with Gasteiger partial charge in [0.25, 0.3) is 0 Å². The Labute approximate surface area is 461 Å². The van der Waals surface area contributed by atoms with Crippen LogP contribution in [0.15, 0.2) is 0 Å². The summed E-state index contributed by atoms with van der Waals surface area (Å²) < 4.78 is 107. The molecule has 16 nitrogen and oxygen atoms in total. The number of aliphatic hydroxyl groups is 1. The van der Waals surface area contributed by atoms with Gasteiger partial charge in [0, 0.05) is 0 Å². The van der Waals surface area contributed by atoms with Crippen LogP contribution in [0.5, 0.6) is 0 Å². The molecule has 3 fully saturated rings. The third-order valence-electron chi connectivity index (χ3n) is 10.8. The lowest BCUT2D eigenvalue weighted by Gasteiger charge is -2.55. The van der Waals surface area contributed by atoms with Crippen molar-refractivity contribution in [2.45, 2.75) is 289 Å². The smallest absolute Gasteiger partial charge is 0.186 e. The summed E-state index contributed by atoms with van der Waals surface area (Å²) in [5.74, 6) is 0. The summed E-state index contributed by atoms with van der Waals surface area (Å²) in [5, 5.41) is 11.9. The number of hydrogen-bond donors (Lipinski definition) is 1. The van der Waals surface area contributed by atoms with Gasteiger partial charge in [0.05, 0.1) is 19.8 Å². The Hall–Kier alpha value is 1.53. The lowest BCUT2D eigenvalue weighted by molar-refractivity contribution is -0.370. The fraction of sp³-hybridized carbons (Fsp3) is 1.00. The van der Waals surface area contributed by atoms with Crippen LogP contribution in [0, 0.1) is 0 Å². The van der Waals surface area contributed by atoms with Crippen LogP contribution >= 0.6 is 0 Å². The Morgan fingerprint density at radius 2 is 0.473 bits per heavy atom. The summed E-state index contributed by atoms with van der Waals surface area (Å²) in [4.78, 5) is 0. The molecule has 3 heterocycles. The Bertz CT molecular complexity index is 1710. The molecular weight excluding hydrogens is 1110 g/mol. The van der Waals surface area contributed by atoms with Crippen molar-refractivity contribution in [3.63, 3.8) is 0 Å². The predicted octanol–water partition coefficient (Wildman–Crippen LogP) is 11.0. The molecule has 74 heavy (non-hydrogen) atoms. The van der Waals surface area contributed by atoms with E-state index >= 15 is 0 Å². The van der Waals surface area contributed by atoms with Crippen molar-refractivity contribution in [2.24, 2.45) is 0 Å². The highest BCUT2D eigenvalue weighted by Crippen LogP contribution is 2.41. The van der Waals surface area contributed by atoms with Crippen LogP contribution in [0.2, 0.25) is 196 Å². The van der Waals surface area contributed by atoms with Gasteiger partial charge in [-0.2, -0.15) is 0 Å². The molecular formula is C48H112O16Si10. The van der Waals surface area contributed by atoms with Crippen molar-refractivity contribution in [2.75, 3.05) is 19.8 Å². The number of hydrogen-bond acceptors (Lipinski definition) is 16. The maximum Gasteiger partial charge on any atom is 0.186 e. The van der Waals surface area contributed by atoms with Crippen molar-refractivity contribution in [3.8, 4) is 0 Å². The lowest BCUT2D eigenvalue weighted by Crippen LogP contribution is -2.71. The molecule has 3 unspecified atom stereocenters. The van der Waals surface area contributed by atoms with Gasteiger partial charge in [-0.25, -0.2) is 0 Å². The van der Waals surface area contributed by atoms with Gasteiger partial charge in [-0.3, -0.25) is 0 Å². The predicted molar refractivity (Wildman–Crippen MR) is 323 cm³/mol. The molecule has 1 N–H and O–H groups in total. The summed E-state index contributed by atoms with van der Waals surface area (Å²) in [6.45, 7) is 65.6. The van der Waals surface area contributed by atoms with Gasteiger partial charge in [-0.05, 0) is 196 Å². The third-order valence-corrected chi connectivity index (χ3v) is 20.8. The van der Waals surface area contributed by atoms with Crippen LogP contribution in [0.1, 0.15) is 0 Å². The highest BCUT2D eigenvalue weighted by Gasteiger charge is 2.59. The van der Waals surface area contributed by atoms with Crippen LogP contribution in [0.3, 0.4) is 0 Å². The molecule has 0 radical (unpaired) electrons. The van der Waals surface area contributed by atoms with Crippen LogP contribution in [0.4, 0.5) is 0 Å². The van der Waals surface area contributed by atoms with Crippen LogP contribution < -0.4 is 0 Å². The average molecular weight is 1230 g/mol. The van der Waals surface area contributed by atoms with Gasteiger partial charge in [0.2, 0.25) is 0 Å². The van der Waals surface area contributed by atoms with Crippen molar-refractivity contribution in [1.82, 2.24) is 0 Å². The molecule has 3 rings (SSSR count). The molecule has 0 aliphatic carbocycles. The Morgan fingerprint density at radius 1 is 0.257 bits per heavy atom. The number of aliphatic hydroxyl groups excluding tert-OH is 1. The van der Waals surface area contributed by atoms with E-state index in [-0.39, 0.29) is 13.2 Å². The highest BCUT2D eigenvalue weighted by atomic mass is 28.4. The van der Waals surface area contributed by atoms with E-state index in [1.54, 1.807) is 0 Å². The molecule has 26 heteroatoms. The Kier molecular flexibility index (Phi) is 24.5. The topological polar surface area (TPSA) is 159 Å². The maximum atomic E-state index is 11.9. The van der Waals surface area contributed by atoms with E-state index in [0.717, 1.165) is 0 Å². The average Bonchev–Trinajstić information content (AvgIpc) is 3.12. The van der Waals surface area contributed by atoms with Gasteiger partial charge < -0.3 is 73.1 Å². The fourth-order valence-electron chi connectivity index (χ4n) is 8.69. The molecule has 0 spiro atoms.